The Labute approximate surface area is 140 Å². The van der Waals surface area contributed by atoms with Crippen LogP contribution in [0.4, 0.5) is 0 Å². The van der Waals surface area contributed by atoms with E-state index >= 15 is 0 Å². The molecule has 0 aliphatic carbocycles. The standard InChI is InChI=1S/C16H22O4.Ti/c1-9(2)7-11-5-6-12(15(17)18)14(16(19)20)13(11)8-10(3)4;/h5-6,9-10H,7-8H2,1-4H3,(H,17,18)(H,19,20);/q;+2/p-2. The number of benzene rings is 1. The largest absolute Gasteiger partial charge is 2.00 e. The van der Waals surface area contributed by atoms with E-state index in [9.17, 15) is 19.8 Å². The quantitative estimate of drug-likeness (QED) is 0.725. The molecule has 5 heteroatoms. The second-order valence-corrected chi connectivity index (χ2v) is 5.90. The molecule has 0 saturated carbocycles. The first-order valence-corrected chi connectivity index (χ1v) is 6.81. The maximum Gasteiger partial charge on any atom is 2.00 e. The normalized spacial score (nSPS) is 10.6. The van der Waals surface area contributed by atoms with Crippen molar-refractivity contribution in [3.8, 4) is 0 Å². The number of aromatic carboxylic acids is 2. The van der Waals surface area contributed by atoms with Gasteiger partial charge in [-0.1, -0.05) is 39.8 Å². The summed E-state index contributed by atoms with van der Waals surface area (Å²) in [6.45, 7) is 7.99. The van der Waals surface area contributed by atoms with Crippen LogP contribution in [0.5, 0.6) is 0 Å². The van der Waals surface area contributed by atoms with Gasteiger partial charge in [-0.05, 0) is 35.8 Å². The summed E-state index contributed by atoms with van der Waals surface area (Å²) in [6.07, 6.45) is 1.21. The topological polar surface area (TPSA) is 80.3 Å². The monoisotopic (exact) mass is 324 g/mol. The van der Waals surface area contributed by atoms with E-state index in [1.165, 1.54) is 6.07 Å². The molecule has 21 heavy (non-hydrogen) atoms. The molecular formula is C16H20O4Ti. The molecule has 0 fully saturated rings. The number of carboxylic acids is 2. The van der Waals surface area contributed by atoms with Gasteiger partial charge in [0.15, 0.2) is 0 Å². The van der Waals surface area contributed by atoms with Crippen molar-refractivity contribution in [2.45, 2.75) is 40.5 Å². The zero-order valence-electron chi connectivity index (χ0n) is 12.9. The molecule has 0 spiro atoms. The Morgan fingerprint density at radius 3 is 1.86 bits per heavy atom. The molecule has 1 aromatic carbocycles. The van der Waals surface area contributed by atoms with E-state index in [4.69, 9.17) is 0 Å². The fraction of sp³-hybridized carbons (Fsp3) is 0.500. The van der Waals surface area contributed by atoms with Crippen LogP contribution >= 0.6 is 0 Å². The van der Waals surface area contributed by atoms with Crippen LogP contribution in [0.1, 0.15) is 59.5 Å². The Morgan fingerprint density at radius 1 is 0.952 bits per heavy atom. The summed E-state index contributed by atoms with van der Waals surface area (Å²) < 4.78 is 0. The third-order valence-corrected chi connectivity index (χ3v) is 3.07. The zero-order valence-corrected chi connectivity index (χ0v) is 14.4. The molecule has 4 nitrogen and oxygen atoms in total. The van der Waals surface area contributed by atoms with Gasteiger partial charge in [-0.15, -0.1) is 0 Å². The first-order chi connectivity index (χ1) is 9.23. The van der Waals surface area contributed by atoms with E-state index in [-0.39, 0.29) is 38.8 Å². The molecule has 0 amide bonds. The van der Waals surface area contributed by atoms with E-state index in [0.717, 1.165) is 5.56 Å². The smallest absolute Gasteiger partial charge is 0.545 e. The number of hydrogen-bond donors (Lipinski definition) is 0. The molecule has 0 atom stereocenters. The molecule has 1 rings (SSSR count). The average Bonchev–Trinajstić information content (AvgIpc) is 2.28. The fourth-order valence-electron chi connectivity index (χ4n) is 2.37. The molecule has 0 bridgehead atoms. The van der Waals surface area contributed by atoms with Crippen molar-refractivity contribution in [3.05, 3.63) is 34.4 Å². The molecule has 0 unspecified atom stereocenters. The Hall–Kier alpha value is -1.13. The minimum absolute atomic E-state index is 0. The summed E-state index contributed by atoms with van der Waals surface area (Å²) >= 11 is 0. The average molecular weight is 324 g/mol. The van der Waals surface area contributed by atoms with Crippen molar-refractivity contribution >= 4 is 11.9 Å². The Bertz CT molecular complexity index is 521. The van der Waals surface area contributed by atoms with E-state index < -0.39 is 11.9 Å². The van der Waals surface area contributed by atoms with Crippen LogP contribution in [0.25, 0.3) is 0 Å². The molecule has 0 heterocycles. The summed E-state index contributed by atoms with van der Waals surface area (Å²) in [5.41, 5.74) is 0.915. The van der Waals surface area contributed by atoms with E-state index in [2.05, 4.69) is 0 Å². The molecule has 0 radical (unpaired) electrons. The number of rotatable bonds is 6. The van der Waals surface area contributed by atoms with Crippen molar-refractivity contribution in [2.24, 2.45) is 11.8 Å². The SMILES string of the molecule is CC(C)Cc1ccc(C(=O)[O-])c(C(=O)[O-])c1CC(C)C.[Ti+2]. The minimum Gasteiger partial charge on any atom is -0.545 e. The maximum absolute atomic E-state index is 11.4. The zero-order chi connectivity index (χ0) is 15.4. The van der Waals surface area contributed by atoms with Gasteiger partial charge in [0, 0.05) is 11.1 Å². The maximum atomic E-state index is 11.4. The van der Waals surface area contributed by atoms with Gasteiger partial charge >= 0.3 is 21.7 Å². The summed E-state index contributed by atoms with van der Waals surface area (Å²) in [7, 11) is 0. The molecule has 112 valence electrons. The van der Waals surface area contributed by atoms with E-state index in [1.807, 2.05) is 27.7 Å². The van der Waals surface area contributed by atoms with Gasteiger partial charge < -0.3 is 19.8 Å². The Balaban J connectivity index is 0.00000400. The van der Waals surface area contributed by atoms with Crippen LogP contribution in [0.3, 0.4) is 0 Å². The van der Waals surface area contributed by atoms with Crippen LogP contribution in [0, 0.1) is 11.8 Å². The number of carbonyl (C=O) groups is 2. The minimum atomic E-state index is -1.48. The Kier molecular flexibility index (Phi) is 7.90. The predicted octanol–water partition coefficient (Wildman–Crippen LogP) is 0.808. The second kappa shape index (κ2) is 8.35. The number of carbonyl (C=O) groups excluding carboxylic acids is 2. The van der Waals surface area contributed by atoms with Crippen LogP contribution in [0.2, 0.25) is 0 Å². The van der Waals surface area contributed by atoms with Gasteiger partial charge in [-0.3, -0.25) is 0 Å². The summed E-state index contributed by atoms with van der Waals surface area (Å²) in [5.74, 6) is -2.36. The van der Waals surface area contributed by atoms with Gasteiger partial charge in [-0.2, -0.15) is 0 Å². The molecule has 0 aliphatic heterocycles. The van der Waals surface area contributed by atoms with Crippen molar-refractivity contribution in [3.63, 3.8) is 0 Å². The van der Waals surface area contributed by atoms with Crippen LogP contribution in [-0.2, 0) is 34.6 Å². The van der Waals surface area contributed by atoms with E-state index in [1.54, 1.807) is 6.07 Å². The van der Waals surface area contributed by atoms with Crippen molar-refractivity contribution in [2.75, 3.05) is 0 Å². The summed E-state index contributed by atoms with van der Waals surface area (Å²) in [6, 6.07) is 3.00. The molecule has 0 N–H and O–H groups in total. The molecule has 1 aromatic rings. The van der Waals surface area contributed by atoms with Crippen LogP contribution in [0.15, 0.2) is 12.1 Å². The van der Waals surface area contributed by atoms with Gasteiger partial charge in [-0.25, -0.2) is 0 Å². The second-order valence-electron chi connectivity index (χ2n) is 5.90. The fourth-order valence-corrected chi connectivity index (χ4v) is 2.37. The summed E-state index contributed by atoms with van der Waals surface area (Å²) in [4.78, 5) is 22.5. The molecule has 0 aliphatic rings. The number of carboxylic acid groups (broad SMARTS) is 2. The summed E-state index contributed by atoms with van der Waals surface area (Å²) in [5, 5.41) is 22.5. The van der Waals surface area contributed by atoms with Crippen LogP contribution in [-0.4, -0.2) is 11.9 Å². The van der Waals surface area contributed by atoms with Crippen LogP contribution < -0.4 is 10.2 Å². The first-order valence-electron chi connectivity index (χ1n) is 6.81. The van der Waals surface area contributed by atoms with Gasteiger partial charge in [0.25, 0.3) is 0 Å². The van der Waals surface area contributed by atoms with E-state index in [0.29, 0.717) is 24.3 Å². The molecule has 0 saturated heterocycles. The van der Waals surface area contributed by atoms with Crippen molar-refractivity contribution in [1.82, 2.24) is 0 Å². The third-order valence-electron chi connectivity index (χ3n) is 3.07. The Morgan fingerprint density at radius 2 is 1.48 bits per heavy atom. The van der Waals surface area contributed by atoms with Gasteiger partial charge in [0.1, 0.15) is 0 Å². The predicted molar refractivity (Wildman–Crippen MR) is 72.2 cm³/mol. The van der Waals surface area contributed by atoms with Crippen molar-refractivity contribution < 1.29 is 41.5 Å². The molecular weight excluding hydrogens is 304 g/mol. The van der Waals surface area contributed by atoms with Crippen molar-refractivity contribution in [1.29, 1.82) is 0 Å². The third kappa shape index (κ3) is 5.29. The number of hydrogen-bond acceptors (Lipinski definition) is 4. The van der Waals surface area contributed by atoms with Gasteiger partial charge in [0.2, 0.25) is 0 Å². The molecule has 0 aromatic heterocycles. The first kappa shape index (κ1) is 19.9. The van der Waals surface area contributed by atoms with Gasteiger partial charge in [0.05, 0.1) is 11.9 Å².